The van der Waals surface area contributed by atoms with Crippen LogP contribution in [0.4, 0.5) is 0 Å². The summed E-state index contributed by atoms with van der Waals surface area (Å²) in [6, 6.07) is 18.2. The number of carbonyl (C=O) groups is 1. The largest absolute Gasteiger partial charge is 0.300 e. The van der Waals surface area contributed by atoms with Gasteiger partial charge in [0.1, 0.15) is 5.78 Å². The zero-order valence-electron chi connectivity index (χ0n) is 14.1. The van der Waals surface area contributed by atoms with E-state index in [-0.39, 0.29) is 11.8 Å². The van der Waals surface area contributed by atoms with Crippen LogP contribution in [0.5, 0.6) is 0 Å². The average molecular weight is 317 g/mol. The number of hydrogen-bond donors (Lipinski definition) is 0. The summed E-state index contributed by atoms with van der Waals surface area (Å²) in [5.74, 6) is 0.630. The standard InChI is InChI=1S/C22H23NO/c1-23-15-10-11-16(23)13-14(12-15)22(24)21-19-8-4-2-6-17(19)18-7-3-5-9-20(18)21/h2-9,14-16,21H,10-13H2,1H3. The molecular weight excluding hydrogens is 294 g/mol. The first-order valence-electron chi connectivity index (χ1n) is 9.18. The first kappa shape index (κ1) is 14.4. The molecule has 2 aromatic carbocycles. The lowest BCUT2D eigenvalue weighted by Crippen LogP contribution is -2.42. The Morgan fingerprint density at radius 2 is 1.38 bits per heavy atom. The van der Waals surface area contributed by atoms with Crippen molar-refractivity contribution < 1.29 is 4.79 Å². The Balaban J connectivity index is 1.54. The molecule has 2 aliphatic heterocycles. The molecule has 2 heteroatoms. The van der Waals surface area contributed by atoms with Crippen LogP contribution in [-0.2, 0) is 4.79 Å². The Bertz CT molecular complexity index is 752. The Hall–Kier alpha value is -1.93. The van der Waals surface area contributed by atoms with E-state index >= 15 is 0 Å². The van der Waals surface area contributed by atoms with Crippen molar-refractivity contribution in [3.05, 3.63) is 59.7 Å². The van der Waals surface area contributed by atoms with Crippen molar-refractivity contribution in [2.75, 3.05) is 7.05 Å². The highest BCUT2D eigenvalue weighted by Crippen LogP contribution is 2.48. The third-order valence-electron chi connectivity index (χ3n) is 6.62. The summed E-state index contributed by atoms with van der Waals surface area (Å²) >= 11 is 0. The van der Waals surface area contributed by atoms with Crippen molar-refractivity contribution in [2.24, 2.45) is 5.92 Å². The maximum absolute atomic E-state index is 13.5. The van der Waals surface area contributed by atoms with Crippen LogP contribution in [0.15, 0.2) is 48.5 Å². The summed E-state index contributed by atoms with van der Waals surface area (Å²) in [4.78, 5) is 16.0. The van der Waals surface area contributed by atoms with Crippen LogP contribution in [0.3, 0.4) is 0 Å². The summed E-state index contributed by atoms with van der Waals surface area (Å²) in [5.41, 5.74) is 4.94. The van der Waals surface area contributed by atoms with Crippen molar-refractivity contribution >= 4 is 5.78 Å². The van der Waals surface area contributed by atoms with E-state index in [2.05, 4.69) is 60.5 Å². The topological polar surface area (TPSA) is 20.3 Å². The van der Waals surface area contributed by atoms with E-state index in [1.165, 1.54) is 35.1 Å². The Kier molecular flexibility index (Phi) is 3.18. The van der Waals surface area contributed by atoms with Gasteiger partial charge in [-0.25, -0.2) is 0 Å². The molecule has 2 nitrogen and oxygen atoms in total. The quantitative estimate of drug-likeness (QED) is 0.825. The fraction of sp³-hybridized carbons (Fsp3) is 0.409. The van der Waals surface area contributed by atoms with E-state index in [0.717, 1.165) is 12.8 Å². The minimum atomic E-state index is -0.0507. The van der Waals surface area contributed by atoms with Crippen LogP contribution in [0.25, 0.3) is 11.1 Å². The molecule has 2 saturated heterocycles. The second-order valence-electron chi connectivity index (χ2n) is 7.73. The maximum atomic E-state index is 13.5. The molecule has 0 amide bonds. The van der Waals surface area contributed by atoms with Gasteiger partial charge < -0.3 is 4.90 Å². The number of rotatable bonds is 2. The van der Waals surface area contributed by atoms with E-state index in [1.54, 1.807) is 0 Å². The second-order valence-corrected chi connectivity index (χ2v) is 7.73. The van der Waals surface area contributed by atoms with Gasteiger partial charge in [0.25, 0.3) is 0 Å². The van der Waals surface area contributed by atoms with Crippen molar-refractivity contribution in [3.63, 3.8) is 0 Å². The third-order valence-corrected chi connectivity index (χ3v) is 6.62. The smallest absolute Gasteiger partial charge is 0.147 e. The molecule has 2 fully saturated rings. The Labute approximate surface area is 143 Å². The molecule has 0 aromatic heterocycles. The number of fused-ring (bicyclic) bond motifs is 5. The molecule has 5 rings (SSSR count). The third kappa shape index (κ3) is 1.96. The van der Waals surface area contributed by atoms with Crippen molar-refractivity contribution in [2.45, 2.75) is 43.7 Å². The van der Waals surface area contributed by atoms with E-state index in [9.17, 15) is 4.79 Å². The lowest BCUT2D eigenvalue weighted by Gasteiger charge is -2.36. The minimum Gasteiger partial charge on any atom is -0.300 e. The molecule has 3 aliphatic rings. The van der Waals surface area contributed by atoms with E-state index in [0.29, 0.717) is 17.9 Å². The van der Waals surface area contributed by atoms with Crippen LogP contribution in [0.1, 0.15) is 42.7 Å². The monoisotopic (exact) mass is 317 g/mol. The molecule has 2 heterocycles. The average Bonchev–Trinajstić information content (AvgIpc) is 3.02. The van der Waals surface area contributed by atoms with Gasteiger partial charge in [-0.2, -0.15) is 0 Å². The normalized spacial score (nSPS) is 28.6. The van der Waals surface area contributed by atoms with Gasteiger partial charge in [-0.1, -0.05) is 48.5 Å². The number of piperidine rings is 1. The molecule has 2 bridgehead atoms. The fourth-order valence-corrected chi connectivity index (χ4v) is 5.34. The van der Waals surface area contributed by atoms with Crippen molar-refractivity contribution in [1.82, 2.24) is 4.90 Å². The highest BCUT2D eigenvalue weighted by molar-refractivity contribution is 5.98. The van der Waals surface area contributed by atoms with Crippen LogP contribution >= 0.6 is 0 Å². The molecule has 122 valence electrons. The molecule has 2 unspecified atom stereocenters. The highest BCUT2D eigenvalue weighted by Gasteiger charge is 2.44. The van der Waals surface area contributed by atoms with Gasteiger partial charge in [-0.15, -0.1) is 0 Å². The highest BCUT2D eigenvalue weighted by atomic mass is 16.1. The molecule has 2 aromatic rings. The first-order chi connectivity index (χ1) is 11.7. The SMILES string of the molecule is CN1C2CCC1CC(C(=O)C1c3ccccc3-c3ccccc31)C2. The van der Waals surface area contributed by atoms with Crippen molar-refractivity contribution in [1.29, 1.82) is 0 Å². The number of carbonyl (C=O) groups excluding carboxylic acids is 1. The molecule has 0 saturated carbocycles. The Morgan fingerprint density at radius 1 is 0.875 bits per heavy atom. The second kappa shape index (κ2) is 5.29. The fourth-order valence-electron chi connectivity index (χ4n) is 5.34. The van der Waals surface area contributed by atoms with Gasteiger partial charge in [0.2, 0.25) is 0 Å². The number of hydrogen-bond acceptors (Lipinski definition) is 2. The number of ketones is 1. The molecular formula is C22H23NO. The van der Waals surface area contributed by atoms with Crippen LogP contribution in [-0.4, -0.2) is 29.8 Å². The molecule has 0 spiro atoms. The summed E-state index contributed by atoms with van der Waals surface area (Å²) in [6.45, 7) is 0. The van der Waals surface area contributed by atoms with Gasteiger partial charge in [-0.3, -0.25) is 4.79 Å². The molecule has 2 atom stereocenters. The summed E-state index contributed by atoms with van der Waals surface area (Å²) in [6.07, 6.45) is 4.63. The van der Waals surface area contributed by atoms with Crippen LogP contribution in [0.2, 0.25) is 0 Å². The number of nitrogens with zero attached hydrogens (tertiary/aromatic N) is 1. The zero-order chi connectivity index (χ0) is 16.3. The Morgan fingerprint density at radius 3 is 1.92 bits per heavy atom. The van der Waals surface area contributed by atoms with E-state index in [4.69, 9.17) is 0 Å². The lowest BCUT2D eigenvalue weighted by atomic mass is 9.79. The summed E-state index contributed by atoms with van der Waals surface area (Å²) in [7, 11) is 2.24. The minimum absolute atomic E-state index is 0.0507. The van der Waals surface area contributed by atoms with E-state index in [1.807, 2.05) is 0 Å². The number of benzene rings is 2. The van der Waals surface area contributed by atoms with Crippen LogP contribution < -0.4 is 0 Å². The van der Waals surface area contributed by atoms with Crippen LogP contribution in [0, 0.1) is 5.92 Å². The van der Waals surface area contributed by atoms with Gasteiger partial charge in [0.05, 0.1) is 5.92 Å². The molecule has 0 N–H and O–H groups in total. The van der Waals surface area contributed by atoms with Gasteiger partial charge >= 0.3 is 0 Å². The molecule has 0 radical (unpaired) electrons. The molecule has 24 heavy (non-hydrogen) atoms. The maximum Gasteiger partial charge on any atom is 0.147 e. The van der Waals surface area contributed by atoms with E-state index < -0.39 is 0 Å². The first-order valence-corrected chi connectivity index (χ1v) is 9.18. The predicted octanol–water partition coefficient (Wildman–Crippen LogP) is 4.24. The summed E-state index contributed by atoms with van der Waals surface area (Å²) in [5, 5.41) is 0. The van der Waals surface area contributed by atoms with Gasteiger partial charge in [0.15, 0.2) is 0 Å². The predicted molar refractivity (Wildman–Crippen MR) is 96.0 cm³/mol. The van der Waals surface area contributed by atoms with Gasteiger partial charge in [-0.05, 0) is 55.0 Å². The van der Waals surface area contributed by atoms with Crippen molar-refractivity contribution in [3.8, 4) is 11.1 Å². The molecule has 1 aliphatic carbocycles. The van der Waals surface area contributed by atoms with Gasteiger partial charge in [0, 0.05) is 18.0 Å². The summed E-state index contributed by atoms with van der Waals surface area (Å²) < 4.78 is 0. The lowest BCUT2D eigenvalue weighted by molar-refractivity contribution is -0.125. The number of Topliss-reactive ketones (excluding diaryl/α,β-unsaturated/α-hetero) is 1. The zero-order valence-corrected chi connectivity index (χ0v) is 14.1.